The lowest BCUT2D eigenvalue weighted by Crippen LogP contribution is -2.05. The van der Waals surface area contributed by atoms with Crippen molar-refractivity contribution in [2.45, 2.75) is 30.6 Å². The van der Waals surface area contributed by atoms with Crippen molar-refractivity contribution in [3.63, 3.8) is 0 Å². The Bertz CT molecular complexity index is 1420. The molecule has 0 aliphatic rings. The lowest BCUT2D eigenvalue weighted by molar-refractivity contribution is 0.355. The summed E-state index contributed by atoms with van der Waals surface area (Å²) < 4.78 is 46.0. The Labute approximate surface area is 230 Å². The molecule has 38 heavy (non-hydrogen) atoms. The van der Waals surface area contributed by atoms with Gasteiger partial charge in [0.05, 0.1) is 21.3 Å². The van der Waals surface area contributed by atoms with Gasteiger partial charge in [0.1, 0.15) is 17.2 Å². The number of benzene rings is 4. The molecule has 0 bridgehead atoms. The summed E-state index contributed by atoms with van der Waals surface area (Å²) in [5, 5.41) is 0. The van der Waals surface area contributed by atoms with E-state index in [4.69, 9.17) is 31.4 Å². The number of methoxy groups -OCH3 is 3. The van der Waals surface area contributed by atoms with Crippen molar-refractivity contribution in [1.29, 1.82) is 0 Å². The monoisotopic (exact) mass is 552 g/mol. The molecule has 0 spiro atoms. The van der Waals surface area contributed by atoms with Crippen molar-refractivity contribution >= 4 is 22.7 Å². The van der Waals surface area contributed by atoms with Crippen molar-refractivity contribution in [1.82, 2.24) is 0 Å². The van der Waals surface area contributed by atoms with Gasteiger partial charge in [0.2, 0.25) is 0 Å². The first-order chi connectivity index (χ1) is 18.0. The molecule has 0 saturated carbocycles. The first-order valence-corrected chi connectivity index (χ1v) is 13.6. The summed E-state index contributed by atoms with van der Waals surface area (Å²) in [5.41, 5.74) is 8.94. The summed E-state index contributed by atoms with van der Waals surface area (Å²) in [6, 6.07) is 23.9. The molecule has 0 aliphatic carbocycles. The highest BCUT2D eigenvalue weighted by molar-refractivity contribution is 7.86. The van der Waals surface area contributed by atoms with Gasteiger partial charge in [0.15, 0.2) is 4.90 Å². The molecule has 0 saturated heterocycles. The Hall–Kier alpha value is -3.46. The molecule has 1 N–H and O–H groups in total. The van der Waals surface area contributed by atoms with Crippen LogP contribution >= 0.6 is 12.6 Å². The quantitative estimate of drug-likeness (QED) is 0.195. The van der Waals surface area contributed by atoms with Gasteiger partial charge in [-0.2, -0.15) is 8.42 Å². The fourth-order valence-electron chi connectivity index (χ4n) is 4.51. The van der Waals surface area contributed by atoms with Gasteiger partial charge in [0, 0.05) is 17.0 Å². The normalized spacial score (nSPS) is 10.8. The lowest BCUT2D eigenvalue weighted by Gasteiger charge is -2.20. The van der Waals surface area contributed by atoms with Gasteiger partial charge in [-0.3, -0.25) is 4.55 Å². The van der Waals surface area contributed by atoms with E-state index in [0.29, 0.717) is 5.75 Å². The third-order valence-corrected chi connectivity index (χ3v) is 7.85. The molecule has 4 aromatic carbocycles. The molecule has 4 aromatic rings. The minimum Gasteiger partial charge on any atom is -0.496 e. The third kappa shape index (κ3) is 6.15. The van der Waals surface area contributed by atoms with E-state index in [9.17, 15) is 8.42 Å². The van der Waals surface area contributed by atoms with E-state index in [1.54, 1.807) is 0 Å². The van der Waals surface area contributed by atoms with Crippen LogP contribution in [0.3, 0.4) is 0 Å². The summed E-state index contributed by atoms with van der Waals surface area (Å²) in [5.74, 6) is 0.276. The van der Waals surface area contributed by atoms with Gasteiger partial charge in [-0.25, -0.2) is 0 Å². The van der Waals surface area contributed by atoms with E-state index >= 15 is 0 Å². The van der Waals surface area contributed by atoms with Gasteiger partial charge in [0.25, 0.3) is 0 Å². The number of rotatable bonds is 6. The molecule has 0 aliphatic heterocycles. The van der Waals surface area contributed by atoms with E-state index in [0.717, 1.165) is 4.90 Å². The maximum Gasteiger partial charge on any atom is 0.301 e. The van der Waals surface area contributed by atoms with Crippen molar-refractivity contribution < 1.29 is 27.2 Å². The molecule has 6 nitrogen and oxygen atoms in total. The predicted octanol–water partition coefficient (Wildman–Crippen LogP) is 7.19. The average Bonchev–Trinajstić information content (AvgIpc) is 2.92. The van der Waals surface area contributed by atoms with Gasteiger partial charge >= 0.3 is 10.1 Å². The largest absolute Gasteiger partial charge is 0.496 e. The molecule has 8 heteroatoms. The van der Waals surface area contributed by atoms with Crippen LogP contribution in [-0.4, -0.2) is 34.3 Å². The Morgan fingerprint density at radius 1 is 0.658 bits per heavy atom. The van der Waals surface area contributed by atoms with E-state index < -0.39 is 15.0 Å². The zero-order chi connectivity index (χ0) is 28.0. The number of hydrogen-bond acceptors (Lipinski definition) is 6. The molecular weight excluding hydrogens is 520 g/mol. The summed E-state index contributed by atoms with van der Waals surface area (Å²) in [6.45, 7) is 6.55. The molecule has 200 valence electrons. The van der Waals surface area contributed by atoms with Gasteiger partial charge < -0.3 is 14.2 Å². The number of thiol groups is 1. The maximum absolute atomic E-state index is 11.1. The van der Waals surface area contributed by atoms with Crippen LogP contribution < -0.4 is 14.2 Å². The predicted molar refractivity (Wildman–Crippen MR) is 155 cm³/mol. The minimum atomic E-state index is -4.42. The van der Waals surface area contributed by atoms with Crippen molar-refractivity contribution in [2.75, 3.05) is 21.3 Å². The smallest absolute Gasteiger partial charge is 0.301 e. The maximum atomic E-state index is 11.1. The topological polar surface area (TPSA) is 82.1 Å². The van der Waals surface area contributed by atoms with Gasteiger partial charge in [-0.1, -0.05) is 60.7 Å². The molecular formula is C30H32O6S2. The molecule has 0 atom stereocenters. The number of hydrogen-bond donors (Lipinski definition) is 2. The van der Waals surface area contributed by atoms with E-state index in [1.807, 2.05) is 0 Å². The van der Waals surface area contributed by atoms with Crippen LogP contribution in [0, 0.1) is 20.8 Å². The summed E-state index contributed by atoms with van der Waals surface area (Å²) >= 11 is 4.80. The molecule has 0 unspecified atom stereocenters. The zero-order valence-corrected chi connectivity index (χ0v) is 24.0. The van der Waals surface area contributed by atoms with Gasteiger partial charge in [-0.05, 0) is 59.7 Å². The average molecular weight is 553 g/mol. The van der Waals surface area contributed by atoms with E-state index in [2.05, 4.69) is 81.4 Å². The van der Waals surface area contributed by atoms with Crippen molar-refractivity contribution in [3.8, 4) is 39.5 Å². The Balaban J connectivity index is 0.000000223. The zero-order valence-electron chi connectivity index (χ0n) is 22.3. The number of ether oxygens (including phenoxy) is 3. The van der Waals surface area contributed by atoms with Crippen LogP contribution in [0.4, 0.5) is 0 Å². The van der Waals surface area contributed by atoms with Crippen LogP contribution in [-0.2, 0) is 10.1 Å². The Morgan fingerprint density at radius 2 is 1.05 bits per heavy atom. The Kier molecular flexibility index (Phi) is 9.49. The first-order valence-electron chi connectivity index (χ1n) is 11.8. The summed E-state index contributed by atoms with van der Waals surface area (Å²) in [6.07, 6.45) is 0. The van der Waals surface area contributed by atoms with Crippen LogP contribution in [0.15, 0.2) is 82.6 Å². The van der Waals surface area contributed by atoms with E-state index in [1.165, 1.54) is 72.4 Å². The highest BCUT2D eigenvalue weighted by atomic mass is 32.2. The minimum absolute atomic E-state index is 0.0429. The molecule has 0 aromatic heterocycles. The Morgan fingerprint density at radius 3 is 1.37 bits per heavy atom. The molecule has 0 heterocycles. The van der Waals surface area contributed by atoms with Crippen molar-refractivity contribution in [2.24, 2.45) is 0 Å². The fraction of sp³-hybridized carbons (Fsp3) is 0.200. The second-order valence-corrected chi connectivity index (χ2v) is 10.3. The van der Waals surface area contributed by atoms with Crippen LogP contribution in [0.2, 0.25) is 0 Å². The lowest BCUT2D eigenvalue weighted by atomic mass is 9.86. The standard InChI is InChI=1S/C21H20S.C9H12O6S/c1-14-19(17-10-6-4-7-11-17)15(2)21(22)16(3)20(14)18-12-8-5-9-13-18;1-13-6-4-7(14-2)9(16(10,11)12)8(5-6)15-3/h4-13,22H,1-3H3;4-5H,1-3H3,(H,10,11,12). The summed E-state index contributed by atoms with van der Waals surface area (Å²) in [7, 11) is -0.440. The summed E-state index contributed by atoms with van der Waals surface area (Å²) in [4.78, 5) is 0.668. The first kappa shape index (κ1) is 29.1. The van der Waals surface area contributed by atoms with E-state index in [-0.39, 0.29) is 11.5 Å². The molecule has 0 radical (unpaired) electrons. The molecule has 4 rings (SSSR count). The SMILES string of the molecule is COc1cc(OC)c(S(=O)(=O)O)c(OC)c1.Cc1c(S)c(C)c(-c2ccccc2)c(C)c1-c1ccccc1. The molecule has 0 amide bonds. The van der Waals surface area contributed by atoms with Crippen molar-refractivity contribution in [3.05, 3.63) is 89.5 Å². The van der Waals surface area contributed by atoms with Crippen LogP contribution in [0.1, 0.15) is 16.7 Å². The highest BCUT2D eigenvalue weighted by Crippen LogP contribution is 2.41. The highest BCUT2D eigenvalue weighted by Gasteiger charge is 2.24. The second-order valence-electron chi connectivity index (χ2n) is 8.54. The van der Waals surface area contributed by atoms with Crippen LogP contribution in [0.5, 0.6) is 17.2 Å². The fourth-order valence-corrected chi connectivity index (χ4v) is 5.53. The van der Waals surface area contributed by atoms with Gasteiger partial charge in [-0.15, -0.1) is 12.6 Å². The third-order valence-electron chi connectivity index (χ3n) is 6.26. The second kappa shape index (κ2) is 12.4. The molecule has 0 fully saturated rings. The van der Waals surface area contributed by atoms with Crippen LogP contribution in [0.25, 0.3) is 22.3 Å².